The Morgan fingerprint density at radius 1 is 1.39 bits per heavy atom. The summed E-state index contributed by atoms with van der Waals surface area (Å²) < 4.78 is 2.53. The molecule has 2 aliphatic rings. The average Bonchev–Trinajstić information content (AvgIpc) is 2.71. The van der Waals surface area contributed by atoms with Crippen molar-refractivity contribution in [3.63, 3.8) is 0 Å². The van der Waals surface area contributed by atoms with E-state index in [9.17, 15) is 0 Å². The van der Waals surface area contributed by atoms with Crippen molar-refractivity contribution < 1.29 is 0 Å². The van der Waals surface area contributed by atoms with Crippen LogP contribution in [0.1, 0.15) is 44.2 Å². The van der Waals surface area contributed by atoms with Crippen molar-refractivity contribution in [2.45, 2.75) is 38.6 Å². The molecule has 1 nitrogen and oxygen atoms in total. The molecule has 0 radical (unpaired) electrons. The van der Waals surface area contributed by atoms with Gasteiger partial charge in [-0.1, -0.05) is 13.3 Å². The van der Waals surface area contributed by atoms with Gasteiger partial charge in [-0.3, -0.25) is 0 Å². The number of rotatable bonds is 5. The molecule has 18 heavy (non-hydrogen) atoms. The van der Waals surface area contributed by atoms with Crippen molar-refractivity contribution in [3.8, 4) is 0 Å². The summed E-state index contributed by atoms with van der Waals surface area (Å²) in [5.74, 6) is 2.90. The Labute approximate surface area is 130 Å². The van der Waals surface area contributed by atoms with Crippen LogP contribution in [0, 0.1) is 17.8 Å². The van der Waals surface area contributed by atoms with E-state index in [4.69, 9.17) is 0 Å². The molecule has 1 N–H and O–H groups in total. The molecule has 3 rings (SSSR count). The van der Waals surface area contributed by atoms with Gasteiger partial charge in [0.25, 0.3) is 0 Å². The molecule has 0 aromatic carbocycles. The summed E-state index contributed by atoms with van der Waals surface area (Å²) in [6, 6.07) is 2.87. The van der Waals surface area contributed by atoms with Crippen molar-refractivity contribution in [2.75, 3.05) is 6.54 Å². The molecule has 0 aliphatic heterocycles. The Hall–Kier alpha value is 0.620. The maximum Gasteiger partial charge on any atom is 0.0758 e. The van der Waals surface area contributed by atoms with Gasteiger partial charge in [0.15, 0.2) is 0 Å². The van der Waals surface area contributed by atoms with Crippen LogP contribution in [0.5, 0.6) is 0 Å². The maximum absolute atomic E-state index is 3.79. The maximum atomic E-state index is 3.79. The lowest BCUT2D eigenvalue weighted by Crippen LogP contribution is -2.25. The summed E-state index contributed by atoms with van der Waals surface area (Å²) in [6.07, 6.45) is 5.59. The van der Waals surface area contributed by atoms with E-state index < -0.39 is 0 Å². The predicted octanol–water partition coefficient (Wildman–Crippen LogP) is 5.36. The van der Waals surface area contributed by atoms with Crippen LogP contribution < -0.4 is 5.32 Å². The van der Waals surface area contributed by atoms with E-state index in [2.05, 4.69) is 50.2 Å². The van der Waals surface area contributed by atoms with Crippen LogP contribution in [0.25, 0.3) is 0 Å². The molecular formula is C14H19Br2NS. The SMILES string of the molecule is CCCNC(c1cc(Br)sc1Br)C1C2CCCC21. The first-order valence-electron chi connectivity index (χ1n) is 6.90. The Kier molecular flexibility index (Phi) is 4.19. The summed E-state index contributed by atoms with van der Waals surface area (Å²) in [7, 11) is 0. The smallest absolute Gasteiger partial charge is 0.0758 e. The van der Waals surface area contributed by atoms with Crippen molar-refractivity contribution in [2.24, 2.45) is 17.8 Å². The molecular weight excluding hydrogens is 374 g/mol. The van der Waals surface area contributed by atoms with Crippen LogP contribution in [0.3, 0.4) is 0 Å². The number of thiophene rings is 1. The van der Waals surface area contributed by atoms with Gasteiger partial charge < -0.3 is 5.32 Å². The van der Waals surface area contributed by atoms with Gasteiger partial charge in [-0.15, -0.1) is 11.3 Å². The monoisotopic (exact) mass is 391 g/mol. The van der Waals surface area contributed by atoms with E-state index in [1.165, 1.54) is 38.8 Å². The van der Waals surface area contributed by atoms with E-state index in [1.807, 2.05) is 0 Å². The van der Waals surface area contributed by atoms with Crippen molar-refractivity contribution in [3.05, 3.63) is 19.2 Å². The fourth-order valence-corrected chi connectivity index (χ4v) is 6.62. The average molecular weight is 393 g/mol. The molecule has 0 saturated heterocycles. The first-order chi connectivity index (χ1) is 8.72. The number of hydrogen-bond donors (Lipinski definition) is 1. The number of hydrogen-bond acceptors (Lipinski definition) is 2. The van der Waals surface area contributed by atoms with Gasteiger partial charge in [0.1, 0.15) is 0 Å². The Morgan fingerprint density at radius 2 is 2.11 bits per heavy atom. The molecule has 2 fully saturated rings. The number of nitrogens with one attached hydrogen (secondary N) is 1. The second-order valence-electron chi connectivity index (χ2n) is 5.55. The van der Waals surface area contributed by atoms with E-state index in [0.717, 1.165) is 24.3 Å². The van der Waals surface area contributed by atoms with Crippen LogP contribution in [0.2, 0.25) is 0 Å². The topological polar surface area (TPSA) is 12.0 Å². The minimum atomic E-state index is 0.567. The molecule has 3 unspecified atom stereocenters. The highest BCUT2D eigenvalue weighted by Crippen LogP contribution is 2.63. The van der Waals surface area contributed by atoms with Gasteiger partial charge in [-0.05, 0) is 87.1 Å². The molecule has 2 aliphatic carbocycles. The predicted molar refractivity (Wildman–Crippen MR) is 85.1 cm³/mol. The third-order valence-electron chi connectivity index (χ3n) is 4.49. The molecule has 100 valence electrons. The summed E-state index contributed by atoms with van der Waals surface area (Å²) in [5, 5.41) is 3.79. The standard InChI is InChI=1S/C14H19Br2NS/c1-2-6-17-13(10-7-11(15)18-14(10)16)12-8-4-3-5-9(8)12/h7-9,12-13,17H,2-6H2,1H3. The number of fused-ring (bicyclic) bond motifs is 1. The summed E-state index contributed by atoms with van der Waals surface area (Å²) in [6.45, 7) is 3.37. The quantitative estimate of drug-likeness (QED) is 0.710. The largest absolute Gasteiger partial charge is 0.310 e. The van der Waals surface area contributed by atoms with Crippen LogP contribution >= 0.6 is 43.2 Å². The van der Waals surface area contributed by atoms with Crippen LogP contribution in [0.15, 0.2) is 13.6 Å². The van der Waals surface area contributed by atoms with Gasteiger partial charge >= 0.3 is 0 Å². The molecule has 0 amide bonds. The molecule has 2 saturated carbocycles. The lowest BCUT2D eigenvalue weighted by Gasteiger charge is -2.20. The minimum absolute atomic E-state index is 0.567. The molecule has 4 heteroatoms. The second-order valence-corrected chi connectivity index (χ2v) is 9.30. The molecule has 3 atom stereocenters. The van der Waals surface area contributed by atoms with Gasteiger partial charge in [0.05, 0.1) is 7.57 Å². The zero-order valence-electron chi connectivity index (χ0n) is 10.6. The lowest BCUT2D eigenvalue weighted by atomic mass is 9.99. The van der Waals surface area contributed by atoms with Crippen molar-refractivity contribution in [1.82, 2.24) is 5.32 Å². The van der Waals surface area contributed by atoms with Crippen molar-refractivity contribution >= 4 is 43.2 Å². The summed E-state index contributed by atoms with van der Waals surface area (Å²) >= 11 is 9.14. The molecule has 0 bridgehead atoms. The molecule has 0 spiro atoms. The van der Waals surface area contributed by atoms with Gasteiger partial charge in [-0.25, -0.2) is 0 Å². The van der Waals surface area contributed by atoms with Crippen molar-refractivity contribution in [1.29, 1.82) is 0 Å². The number of halogens is 2. The molecule has 1 aromatic rings. The lowest BCUT2D eigenvalue weighted by molar-refractivity contribution is 0.417. The first kappa shape index (κ1) is 13.6. The van der Waals surface area contributed by atoms with Crippen LogP contribution in [-0.4, -0.2) is 6.54 Å². The first-order valence-corrected chi connectivity index (χ1v) is 9.30. The van der Waals surface area contributed by atoms with E-state index >= 15 is 0 Å². The van der Waals surface area contributed by atoms with E-state index in [-0.39, 0.29) is 0 Å². The zero-order valence-corrected chi connectivity index (χ0v) is 14.6. The minimum Gasteiger partial charge on any atom is -0.310 e. The summed E-state index contributed by atoms with van der Waals surface area (Å²) in [5.41, 5.74) is 1.47. The fourth-order valence-electron chi connectivity index (χ4n) is 3.69. The third kappa shape index (κ3) is 2.46. The summed E-state index contributed by atoms with van der Waals surface area (Å²) in [4.78, 5) is 0. The normalized spacial score (nSPS) is 31.4. The fraction of sp³-hybridized carbons (Fsp3) is 0.714. The molecule has 1 aromatic heterocycles. The third-order valence-corrected chi connectivity index (χ3v) is 6.88. The highest BCUT2D eigenvalue weighted by atomic mass is 79.9. The molecule has 1 heterocycles. The Bertz CT molecular complexity index is 421. The van der Waals surface area contributed by atoms with E-state index in [0.29, 0.717) is 6.04 Å². The highest BCUT2D eigenvalue weighted by Gasteiger charge is 2.56. The van der Waals surface area contributed by atoms with Crippen LogP contribution in [-0.2, 0) is 0 Å². The highest BCUT2D eigenvalue weighted by molar-refractivity contribution is 9.12. The van der Waals surface area contributed by atoms with Gasteiger partial charge in [-0.2, -0.15) is 0 Å². The van der Waals surface area contributed by atoms with E-state index in [1.54, 1.807) is 11.3 Å². The van der Waals surface area contributed by atoms with Gasteiger partial charge in [0, 0.05) is 6.04 Å². The second kappa shape index (κ2) is 5.55. The Morgan fingerprint density at radius 3 is 2.67 bits per heavy atom. The zero-order chi connectivity index (χ0) is 12.7. The van der Waals surface area contributed by atoms with Crippen LogP contribution in [0.4, 0.5) is 0 Å². The van der Waals surface area contributed by atoms with Gasteiger partial charge in [0.2, 0.25) is 0 Å². The Balaban J connectivity index is 1.79.